The summed E-state index contributed by atoms with van der Waals surface area (Å²) in [4.78, 5) is 28.8. The van der Waals surface area contributed by atoms with Crippen LogP contribution in [0, 0.1) is 5.92 Å². The van der Waals surface area contributed by atoms with Crippen molar-refractivity contribution >= 4 is 35.1 Å². The number of carbonyl (C=O) groups excluding carboxylic acids is 1. The average Bonchev–Trinajstić information content (AvgIpc) is 3.33. The molecule has 0 radical (unpaired) electrons. The monoisotopic (exact) mass is 461 g/mol. The maximum Gasteiger partial charge on any atom is 0.226 e. The molecular formula is C23H29Cl2N5O. The van der Waals surface area contributed by atoms with Crippen molar-refractivity contribution in [2.24, 2.45) is 5.92 Å². The molecule has 4 rings (SSSR count). The summed E-state index contributed by atoms with van der Waals surface area (Å²) in [6.45, 7) is 6.07. The number of likely N-dealkylation sites (tertiary alicyclic amines) is 1. The van der Waals surface area contributed by atoms with E-state index in [-0.39, 0.29) is 11.8 Å². The Bertz CT molecular complexity index is 868. The third-order valence-electron chi connectivity index (χ3n) is 6.23. The van der Waals surface area contributed by atoms with Crippen molar-refractivity contribution < 1.29 is 4.79 Å². The number of hydrogen-bond acceptors (Lipinski definition) is 5. The third-order valence-corrected chi connectivity index (χ3v) is 6.97. The molecule has 31 heavy (non-hydrogen) atoms. The second-order valence-corrected chi connectivity index (χ2v) is 9.18. The summed E-state index contributed by atoms with van der Waals surface area (Å²) in [6, 6.07) is 7.46. The van der Waals surface area contributed by atoms with Gasteiger partial charge in [0.2, 0.25) is 11.9 Å². The lowest BCUT2D eigenvalue weighted by atomic mass is 9.95. The van der Waals surface area contributed by atoms with Gasteiger partial charge in [0, 0.05) is 51.0 Å². The molecule has 0 N–H and O–H groups in total. The van der Waals surface area contributed by atoms with Crippen molar-refractivity contribution in [1.82, 2.24) is 19.8 Å². The van der Waals surface area contributed by atoms with Gasteiger partial charge >= 0.3 is 0 Å². The zero-order valence-corrected chi connectivity index (χ0v) is 19.2. The smallest absolute Gasteiger partial charge is 0.226 e. The van der Waals surface area contributed by atoms with Crippen LogP contribution in [0.4, 0.5) is 5.95 Å². The van der Waals surface area contributed by atoms with E-state index in [2.05, 4.69) is 19.8 Å². The molecule has 0 aliphatic carbocycles. The van der Waals surface area contributed by atoms with E-state index in [1.54, 1.807) is 18.5 Å². The normalized spacial score (nSPS) is 17.8. The van der Waals surface area contributed by atoms with Gasteiger partial charge in [-0.15, -0.1) is 0 Å². The van der Waals surface area contributed by atoms with Crippen molar-refractivity contribution in [1.29, 1.82) is 0 Å². The van der Waals surface area contributed by atoms with Crippen LogP contribution in [0.15, 0.2) is 36.7 Å². The number of anilines is 1. The van der Waals surface area contributed by atoms with Gasteiger partial charge in [-0.2, -0.15) is 0 Å². The first-order chi connectivity index (χ1) is 15.1. The van der Waals surface area contributed by atoms with E-state index >= 15 is 0 Å². The number of piperidine rings is 1. The Morgan fingerprint density at radius 2 is 1.74 bits per heavy atom. The lowest BCUT2D eigenvalue weighted by molar-refractivity contribution is -0.137. The zero-order valence-electron chi connectivity index (χ0n) is 17.7. The van der Waals surface area contributed by atoms with Gasteiger partial charge in [0.25, 0.3) is 0 Å². The Labute approximate surface area is 194 Å². The molecule has 6 nitrogen and oxygen atoms in total. The van der Waals surface area contributed by atoms with E-state index in [9.17, 15) is 4.79 Å². The minimum Gasteiger partial charge on any atom is -0.341 e. The highest BCUT2D eigenvalue weighted by molar-refractivity contribution is 6.42. The number of benzene rings is 1. The van der Waals surface area contributed by atoms with E-state index in [0.29, 0.717) is 16.6 Å². The molecule has 0 bridgehead atoms. The van der Waals surface area contributed by atoms with Gasteiger partial charge in [0.05, 0.1) is 10.0 Å². The van der Waals surface area contributed by atoms with Crippen molar-refractivity contribution in [2.45, 2.75) is 32.2 Å². The summed E-state index contributed by atoms with van der Waals surface area (Å²) in [6.07, 6.45) is 7.66. The molecule has 0 spiro atoms. The third kappa shape index (κ3) is 5.88. The van der Waals surface area contributed by atoms with Crippen LogP contribution < -0.4 is 4.90 Å². The van der Waals surface area contributed by atoms with Crippen molar-refractivity contribution in [2.75, 3.05) is 44.2 Å². The van der Waals surface area contributed by atoms with Gasteiger partial charge in [0.1, 0.15) is 0 Å². The Kier molecular flexibility index (Phi) is 7.64. The average molecular weight is 462 g/mol. The number of carbonyl (C=O) groups is 1. The number of rotatable bonds is 7. The molecule has 2 aromatic rings. The maximum atomic E-state index is 13.5. The van der Waals surface area contributed by atoms with Crippen LogP contribution in [0.1, 0.15) is 31.2 Å². The molecule has 2 fully saturated rings. The van der Waals surface area contributed by atoms with Crippen LogP contribution in [0.5, 0.6) is 0 Å². The summed E-state index contributed by atoms with van der Waals surface area (Å²) in [7, 11) is 0. The van der Waals surface area contributed by atoms with Crippen LogP contribution in [-0.4, -0.2) is 64.9 Å². The Morgan fingerprint density at radius 1 is 1.03 bits per heavy atom. The molecule has 1 aromatic carbocycles. The zero-order chi connectivity index (χ0) is 21.6. The fourth-order valence-corrected chi connectivity index (χ4v) is 4.75. The largest absolute Gasteiger partial charge is 0.341 e. The van der Waals surface area contributed by atoms with Gasteiger partial charge in [-0.05, 0) is 62.5 Å². The predicted molar refractivity (Wildman–Crippen MR) is 125 cm³/mol. The molecule has 166 valence electrons. The fraction of sp³-hybridized carbons (Fsp3) is 0.522. The first-order valence-corrected chi connectivity index (χ1v) is 11.8. The Morgan fingerprint density at radius 3 is 2.42 bits per heavy atom. The molecule has 3 heterocycles. The SMILES string of the molecule is O=C(C1CCN(c2ncccn2)CC1)N(CCN1CCCC1)Cc1ccc(Cl)c(Cl)c1. The lowest BCUT2D eigenvalue weighted by Gasteiger charge is -2.35. The minimum absolute atomic E-state index is 0.0290. The predicted octanol–water partition coefficient (Wildman–Crippen LogP) is 4.12. The number of nitrogens with zero attached hydrogens (tertiary/aromatic N) is 5. The number of aromatic nitrogens is 2. The summed E-state index contributed by atoms with van der Waals surface area (Å²) in [5, 5.41) is 1.07. The van der Waals surface area contributed by atoms with Gasteiger partial charge in [-0.1, -0.05) is 29.3 Å². The first-order valence-electron chi connectivity index (χ1n) is 11.1. The van der Waals surface area contributed by atoms with Crippen molar-refractivity contribution in [3.63, 3.8) is 0 Å². The Hall–Kier alpha value is -1.89. The van der Waals surface area contributed by atoms with E-state index in [1.807, 2.05) is 23.1 Å². The van der Waals surface area contributed by atoms with Gasteiger partial charge in [0.15, 0.2) is 0 Å². The molecule has 2 saturated heterocycles. The van der Waals surface area contributed by atoms with Gasteiger partial charge < -0.3 is 14.7 Å². The Balaban J connectivity index is 1.40. The van der Waals surface area contributed by atoms with Crippen LogP contribution in [-0.2, 0) is 11.3 Å². The molecule has 1 aromatic heterocycles. The first kappa shape index (κ1) is 22.3. The molecule has 0 atom stereocenters. The molecule has 2 aliphatic rings. The quantitative estimate of drug-likeness (QED) is 0.620. The highest BCUT2D eigenvalue weighted by Crippen LogP contribution is 2.26. The van der Waals surface area contributed by atoms with E-state index in [0.717, 1.165) is 63.6 Å². The topological polar surface area (TPSA) is 52.6 Å². The highest BCUT2D eigenvalue weighted by Gasteiger charge is 2.30. The number of halogens is 2. The number of hydrogen-bond donors (Lipinski definition) is 0. The van der Waals surface area contributed by atoms with Crippen molar-refractivity contribution in [3.05, 3.63) is 52.3 Å². The van der Waals surface area contributed by atoms with Gasteiger partial charge in [-0.25, -0.2) is 9.97 Å². The minimum atomic E-state index is 0.0290. The van der Waals surface area contributed by atoms with Crippen molar-refractivity contribution in [3.8, 4) is 0 Å². The van der Waals surface area contributed by atoms with Crippen LogP contribution in [0.2, 0.25) is 10.0 Å². The standard InChI is InChI=1S/C23H29Cl2N5O/c24-20-5-4-18(16-21(20)25)17-30(15-14-28-10-1-2-11-28)22(31)19-6-12-29(13-7-19)23-26-8-3-9-27-23/h3-5,8-9,16,19H,1-2,6-7,10-15,17H2. The molecule has 0 saturated carbocycles. The van der Waals surface area contributed by atoms with E-state index < -0.39 is 0 Å². The molecule has 1 amide bonds. The molecular weight excluding hydrogens is 433 g/mol. The van der Waals surface area contributed by atoms with E-state index in [4.69, 9.17) is 23.2 Å². The molecule has 0 unspecified atom stereocenters. The summed E-state index contributed by atoms with van der Waals surface area (Å²) in [5.41, 5.74) is 1.01. The highest BCUT2D eigenvalue weighted by atomic mass is 35.5. The van der Waals surface area contributed by atoms with E-state index in [1.165, 1.54) is 12.8 Å². The summed E-state index contributed by atoms with van der Waals surface area (Å²) < 4.78 is 0. The molecule has 2 aliphatic heterocycles. The summed E-state index contributed by atoms with van der Waals surface area (Å²) >= 11 is 12.3. The second-order valence-electron chi connectivity index (χ2n) is 8.37. The lowest BCUT2D eigenvalue weighted by Crippen LogP contribution is -2.45. The van der Waals surface area contributed by atoms with Crippen LogP contribution >= 0.6 is 23.2 Å². The van der Waals surface area contributed by atoms with Gasteiger partial charge in [-0.3, -0.25) is 4.79 Å². The van der Waals surface area contributed by atoms with Crippen LogP contribution in [0.25, 0.3) is 0 Å². The summed E-state index contributed by atoms with van der Waals surface area (Å²) in [5.74, 6) is 1.01. The maximum absolute atomic E-state index is 13.5. The molecule has 8 heteroatoms. The van der Waals surface area contributed by atoms with Crippen LogP contribution in [0.3, 0.4) is 0 Å². The number of amides is 1. The second kappa shape index (κ2) is 10.6. The fourth-order valence-electron chi connectivity index (χ4n) is 4.43.